The zero-order chi connectivity index (χ0) is 17.9. The number of halogens is 3. The number of benzene rings is 1. The maximum Gasteiger partial charge on any atom is 0.416 e. The van der Waals surface area contributed by atoms with E-state index in [9.17, 15) is 13.2 Å². The van der Waals surface area contributed by atoms with Gasteiger partial charge in [-0.05, 0) is 17.7 Å². The number of anilines is 2. The van der Waals surface area contributed by atoms with Gasteiger partial charge < -0.3 is 5.73 Å². The summed E-state index contributed by atoms with van der Waals surface area (Å²) in [5, 5.41) is 6.28. The third-order valence-corrected chi connectivity index (χ3v) is 3.95. The number of aromatic nitrogens is 2. The van der Waals surface area contributed by atoms with Gasteiger partial charge in [-0.2, -0.15) is 18.3 Å². The summed E-state index contributed by atoms with van der Waals surface area (Å²) in [4.78, 5) is 7.99. The van der Waals surface area contributed by atoms with Crippen molar-refractivity contribution < 1.29 is 13.2 Å². The van der Waals surface area contributed by atoms with Gasteiger partial charge in [0.1, 0.15) is 5.82 Å². The smallest absolute Gasteiger partial charge is 0.383 e. The van der Waals surface area contributed by atoms with Crippen LogP contribution in [-0.2, 0) is 6.18 Å². The van der Waals surface area contributed by atoms with E-state index in [4.69, 9.17) is 5.73 Å². The summed E-state index contributed by atoms with van der Waals surface area (Å²) in [6.45, 7) is 0. The predicted molar refractivity (Wildman–Crippen MR) is 92.4 cm³/mol. The molecule has 0 aliphatic rings. The van der Waals surface area contributed by atoms with Crippen LogP contribution in [-0.4, -0.2) is 16.2 Å². The van der Waals surface area contributed by atoms with Crippen LogP contribution in [0.3, 0.4) is 0 Å². The molecule has 3 rings (SSSR count). The molecule has 0 unspecified atom stereocenters. The summed E-state index contributed by atoms with van der Waals surface area (Å²) < 4.78 is 38.3. The van der Waals surface area contributed by atoms with Crippen LogP contribution < -0.4 is 11.2 Å². The van der Waals surface area contributed by atoms with Crippen molar-refractivity contribution >= 4 is 28.5 Å². The van der Waals surface area contributed by atoms with Crippen molar-refractivity contribution in [1.29, 1.82) is 0 Å². The summed E-state index contributed by atoms with van der Waals surface area (Å²) in [5.41, 5.74) is 9.14. The van der Waals surface area contributed by atoms with Crippen LogP contribution in [0.25, 0.3) is 11.3 Å². The number of rotatable bonds is 4. The van der Waals surface area contributed by atoms with Crippen LogP contribution in [0.5, 0.6) is 0 Å². The van der Waals surface area contributed by atoms with E-state index in [1.54, 1.807) is 35.9 Å². The zero-order valence-corrected chi connectivity index (χ0v) is 13.5. The van der Waals surface area contributed by atoms with Crippen molar-refractivity contribution in [3.63, 3.8) is 0 Å². The van der Waals surface area contributed by atoms with Crippen molar-refractivity contribution in [2.75, 3.05) is 11.2 Å². The van der Waals surface area contributed by atoms with E-state index in [0.717, 1.165) is 23.9 Å². The molecule has 0 aliphatic heterocycles. The molecule has 0 atom stereocenters. The van der Waals surface area contributed by atoms with Crippen LogP contribution >= 0.6 is 11.3 Å². The van der Waals surface area contributed by atoms with Crippen LogP contribution in [0.1, 0.15) is 11.1 Å². The second kappa shape index (κ2) is 6.89. The molecular formula is C16H12F3N5S. The molecule has 1 aromatic carbocycles. The van der Waals surface area contributed by atoms with Gasteiger partial charge in [0.15, 0.2) is 0 Å². The van der Waals surface area contributed by atoms with Crippen LogP contribution in [0.15, 0.2) is 53.1 Å². The monoisotopic (exact) mass is 363 g/mol. The average Bonchev–Trinajstić information content (AvgIpc) is 3.00. The summed E-state index contributed by atoms with van der Waals surface area (Å²) in [5.74, 6) is 0.417. The Bertz CT molecular complexity index is 887. The number of hydrogen-bond donors (Lipinski definition) is 2. The topological polar surface area (TPSA) is 76.2 Å². The molecule has 0 radical (unpaired) electrons. The molecule has 0 bridgehead atoms. The first-order chi connectivity index (χ1) is 11.9. The van der Waals surface area contributed by atoms with Gasteiger partial charge in [-0.3, -0.25) is 10.4 Å². The molecule has 3 aromatic rings. The number of thiazole rings is 1. The van der Waals surface area contributed by atoms with E-state index >= 15 is 0 Å². The minimum absolute atomic E-state index is 0.259. The lowest BCUT2D eigenvalue weighted by Crippen LogP contribution is -2.05. The summed E-state index contributed by atoms with van der Waals surface area (Å²) >= 11 is 1.33. The standard InChI is InChI=1S/C16H12F3N5S/c17-16(18,19)12-5-6-21-13(7-12)11-3-1-10(2-4-11)8-22-24-15-23-14(20)9-25-15/h1-9H,20H2,(H,23,24). The predicted octanol–water partition coefficient (Wildman–Crippen LogP) is 4.25. The lowest BCUT2D eigenvalue weighted by molar-refractivity contribution is -0.137. The third-order valence-electron chi connectivity index (χ3n) is 3.19. The normalized spacial score (nSPS) is 11.8. The highest BCUT2D eigenvalue weighted by molar-refractivity contribution is 7.14. The highest BCUT2D eigenvalue weighted by Crippen LogP contribution is 2.31. The van der Waals surface area contributed by atoms with Gasteiger partial charge in [-0.25, -0.2) is 4.98 Å². The van der Waals surface area contributed by atoms with Gasteiger partial charge in [0, 0.05) is 17.1 Å². The van der Waals surface area contributed by atoms with Gasteiger partial charge in [0.05, 0.1) is 17.5 Å². The number of hydrazone groups is 1. The van der Waals surface area contributed by atoms with E-state index in [0.29, 0.717) is 16.5 Å². The first-order valence-electron chi connectivity index (χ1n) is 7.05. The molecule has 2 aromatic heterocycles. The van der Waals surface area contributed by atoms with Gasteiger partial charge in [0.25, 0.3) is 0 Å². The maximum absolute atomic E-state index is 12.8. The van der Waals surface area contributed by atoms with Gasteiger partial charge in [0.2, 0.25) is 5.13 Å². The molecule has 5 nitrogen and oxygen atoms in total. The third kappa shape index (κ3) is 4.32. The fourth-order valence-electron chi connectivity index (χ4n) is 2.00. The van der Waals surface area contributed by atoms with Crippen LogP contribution in [0.4, 0.5) is 24.1 Å². The number of pyridine rings is 1. The first kappa shape index (κ1) is 16.9. The molecule has 0 saturated carbocycles. The van der Waals surface area contributed by atoms with Crippen LogP contribution in [0.2, 0.25) is 0 Å². The van der Waals surface area contributed by atoms with Gasteiger partial charge >= 0.3 is 6.18 Å². The molecule has 0 saturated heterocycles. The van der Waals surface area contributed by atoms with Crippen molar-refractivity contribution in [1.82, 2.24) is 9.97 Å². The van der Waals surface area contributed by atoms with Gasteiger partial charge in [-0.1, -0.05) is 24.3 Å². The maximum atomic E-state index is 12.8. The Morgan fingerprint density at radius 2 is 1.92 bits per heavy atom. The second-order valence-electron chi connectivity index (χ2n) is 5.00. The molecule has 0 spiro atoms. The van der Waals surface area contributed by atoms with E-state index in [2.05, 4.69) is 20.5 Å². The second-order valence-corrected chi connectivity index (χ2v) is 5.86. The Hall–Kier alpha value is -2.94. The van der Waals surface area contributed by atoms with Crippen molar-refractivity contribution in [2.45, 2.75) is 6.18 Å². The number of nitrogens with two attached hydrogens (primary N) is 1. The number of nitrogen functional groups attached to an aromatic ring is 1. The summed E-state index contributed by atoms with van der Waals surface area (Å²) in [6.07, 6.45) is -1.67. The first-order valence-corrected chi connectivity index (χ1v) is 7.93. The van der Waals surface area contributed by atoms with E-state index in [-0.39, 0.29) is 5.69 Å². The Kier molecular flexibility index (Phi) is 4.66. The van der Waals surface area contributed by atoms with Gasteiger partial charge in [-0.15, -0.1) is 11.3 Å². The number of nitrogens with one attached hydrogen (secondary N) is 1. The molecule has 0 fully saturated rings. The fourth-order valence-corrected chi connectivity index (χ4v) is 2.55. The average molecular weight is 363 g/mol. The molecular weight excluding hydrogens is 351 g/mol. The quantitative estimate of drug-likeness (QED) is 0.537. The SMILES string of the molecule is Nc1csc(NN=Cc2ccc(-c3cc(C(F)(F)F)ccn3)cc2)n1. The zero-order valence-electron chi connectivity index (χ0n) is 12.7. The van der Waals surface area contributed by atoms with Crippen molar-refractivity contribution in [3.05, 3.63) is 59.1 Å². The molecule has 3 N–H and O–H groups in total. The largest absolute Gasteiger partial charge is 0.416 e. The highest BCUT2D eigenvalue weighted by atomic mass is 32.1. The Balaban J connectivity index is 1.72. The highest BCUT2D eigenvalue weighted by Gasteiger charge is 2.30. The molecule has 2 heterocycles. The minimum atomic E-state index is -4.39. The molecule has 128 valence electrons. The van der Waals surface area contributed by atoms with E-state index < -0.39 is 11.7 Å². The number of nitrogens with zero attached hydrogens (tertiary/aromatic N) is 3. The molecule has 0 aliphatic carbocycles. The van der Waals surface area contributed by atoms with Crippen LogP contribution in [0, 0.1) is 0 Å². The fraction of sp³-hybridized carbons (Fsp3) is 0.0625. The lowest BCUT2D eigenvalue weighted by atomic mass is 10.1. The summed E-state index contributed by atoms with van der Waals surface area (Å²) in [7, 11) is 0. The Morgan fingerprint density at radius 1 is 1.16 bits per heavy atom. The Morgan fingerprint density at radius 3 is 2.56 bits per heavy atom. The molecule has 9 heteroatoms. The van der Waals surface area contributed by atoms with E-state index in [1.165, 1.54) is 11.3 Å². The van der Waals surface area contributed by atoms with Crippen molar-refractivity contribution in [2.24, 2.45) is 5.10 Å². The lowest BCUT2D eigenvalue weighted by Gasteiger charge is -2.08. The minimum Gasteiger partial charge on any atom is -0.383 e. The molecule has 25 heavy (non-hydrogen) atoms. The number of hydrogen-bond acceptors (Lipinski definition) is 6. The van der Waals surface area contributed by atoms with Crippen molar-refractivity contribution in [3.8, 4) is 11.3 Å². The summed E-state index contributed by atoms with van der Waals surface area (Å²) in [6, 6.07) is 8.81. The Labute approximate surface area is 145 Å². The molecule has 0 amide bonds. The number of alkyl halides is 3. The van der Waals surface area contributed by atoms with E-state index in [1.807, 2.05) is 0 Å².